The summed E-state index contributed by atoms with van der Waals surface area (Å²) in [7, 11) is 1.46. The minimum absolute atomic E-state index is 0.00671. The molecule has 3 fully saturated rings. The zero-order chi connectivity index (χ0) is 15.9. The van der Waals surface area contributed by atoms with Crippen LogP contribution in [0.15, 0.2) is 0 Å². The van der Waals surface area contributed by atoms with E-state index in [0.29, 0.717) is 24.7 Å². The number of ether oxygens (including phenoxy) is 1. The average molecular weight is 318 g/mol. The number of fused-ring (bicyclic) bond motifs is 1. The highest BCUT2D eigenvalue weighted by atomic mass is 19.2. The lowest BCUT2D eigenvalue weighted by molar-refractivity contribution is -0.124. The first-order chi connectivity index (χ1) is 10.5. The smallest absolute Gasteiger partial charge is 0.137 e. The summed E-state index contributed by atoms with van der Waals surface area (Å²) in [5.41, 5.74) is 0. The van der Waals surface area contributed by atoms with Crippen LogP contribution in [0.4, 0.5) is 13.2 Å². The maximum atomic E-state index is 14.7. The number of halogens is 3. The van der Waals surface area contributed by atoms with Gasteiger partial charge in [-0.05, 0) is 55.8 Å². The molecular weight excluding hydrogens is 289 g/mol. The summed E-state index contributed by atoms with van der Waals surface area (Å²) in [5.74, 6) is -0.00180. The minimum atomic E-state index is -1.66. The summed E-state index contributed by atoms with van der Waals surface area (Å²) >= 11 is 0. The molecule has 0 amide bonds. The van der Waals surface area contributed by atoms with Crippen LogP contribution < -0.4 is 0 Å². The normalized spacial score (nSPS) is 53.0. The van der Waals surface area contributed by atoms with Crippen molar-refractivity contribution in [1.82, 2.24) is 0 Å². The van der Waals surface area contributed by atoms with E-state index in [0.717, 1.165) is 32.1 Å². The number of methoxy groups -OCH3 is 1. The summed E-state index contributed by atoms with van der Waals surface area (Å²) in [6.45, 7) is 2.23. The lowest BCUT2D eigenvalue weighted by Gasteiger charge is -2.49. The van der Waals surface area contributed by atoms with Crippen LogP contribution in [0, 0.1) is 29.6 Å². The number of rotatable bonds is 2. The summed E-state index contributed by atoms with van der Waals surface area (Å²) < 4.78 is 49.0. The van der Waals surface area contributed by atoms with E-state index in [9.17, 15) is 13.2 Å². The maximum Gasteiger partial charge on any atom is 0.137 e. The Balaban J connectivity index is 1.71. The van der Waals surface area contributed by atoms with E-state index in [1.165, 1.54) is 7.11 Å². The Morgan fingerprint density at radius 3 is 2.05 bits per heavy atom. The summed E-state index contributed by atoms with van der Waals surface area (Å²) in [5, 5.41) is 0. The van der Waals surface area contributed by atoms with Gasteiger partial charge < -0.3 is 4.74 Å². The van der Waals surface area contributed by atoms with Gasteiger partial charge >= 0.3 is 0 Å². The van der Waals surface area contributed by atoms with Gasteiger partial charge in [0.25, 0.3) is 0 Å². The zero-order valence-electron chi connectivity index (χ0n) is 13.7. The van der Waals surface area contributed by atoms with E-state index in [-0.39, 0.29) is 11.8 Å². The first-order valence-corrected chi connectivity index (χ1v) is 8.98. The van der Waals surface area contributed by atoms with Crippen molar-refractivity contribution in [2.75, 3.05) is 7.11 Å². The molecule has 6 unspecified atom stereocenters. The van der Waals surface area contributed by atoms with Crippen LogP contribution in [0.2, 0.25) is 0 Å². The molecule has 0 N–H and O–H groups in total. The van der Waals surface area contributed by atoms with Crippen LogP contribution in [0.5, 0.6) is 0 Å². The topological polar surface area (TPSA) is 9.23 Å². The van der Waals surface area contributed by atoms with E-state index in [2.05, 4.69) is 6.92 Å². The molecule has 0 heterocycles. The van der Waals surface area contributed by atoms with Gasteiger partial charge in [-0.3, -0.25) is 0 Å². The summed E-state index contributed by atoms with van der Waals surface area (Å²) in [4.78, 5) is 0. The van der Waals surface area contributed by atoms with Gasteiger partial charge in [-0.1, -0.05) is 19.8 Å². The predicted octanol–water partition coefficient (Wildman–Crippen LogP) is 4.89. The van der Waals surface area contributed by atoms with E-state index >= 15 is 0 Å². The Morgan fingerprint density at radius 2 is 1.41 bits per heavy atom. The average Bonchev–Trinajstić information content (AvgIpc) is 2.52. The first-order valence-electron chi connectivity index (χ1n) is 8.98. The lowest BCUT2D eigenvalue weighted by atomic mass is 9.60. The molecule has 0 aliphatic heterocycles. The van der Waals surface area contributed by atoms with Crippen LogP contribution in [0.25, 0.3) is 0 Å². The lowest BCUT2D eigenvalue weighted by Crippen LogP contribution is -2.54. The summed E-state index contributed by atoms with van der Waals surface area (Å²) in [6.07, 6.45) is 1.28. The SMILES string of the molecule is COC1CCC2C[C@@H](C3CCC(C)CC3)C(F)C(F)C2C1F. The molecule has 0 aromatic heterocycles. The second-order valence-electron chi connectivity index (χ2n) is 7.94. The molecule has 1 nitrogen and oxygen atoms in total. The number of alkyl halides is 3. The highest BCUT2D eigenvalue weighted by Gasteiger charge is 2.54. The van der Waals surface area contributed by atoms with Gasteiger partial charge in [-0.15, -0.1) is 0 Å². The molecular formula is C18H29F3O. The van der Waals surface area contributed by atoms with Crippen molar-refractivity contribution < 1.29 is 17.9 Å². The van der Waals surface area contributed by atoms with Crippen LogP contribution in [-0.2, 0) is 4.74 Å². The van der Waals surface area contributed by atoms with E-state index in [1.807, 2.05) is 0 Å². The Kier molecular flexibility index (Phi) is 5.06. The molecule has 3 aliphatic rings. The molecule has 0 spiro atoms. The van der Waals surface area contributed by atoms with Crippen molar-refractivity contribution in [3.8, 4) is 0 Å². The van der Waals surface area contributed by atoms with Gasteiger partial charge in [0.1, 0.15) is 18.5 Å². The monoisotopic (exact) mass is 318 g/mol. The van der Waals surface area contributed by atoms with E-state index < -0.39 is 30.5 Å². The van der Waals surface area contributed by atoms with Gasteiger partial charge in [0, 0.05) is 13.0 Å². The molecule has 22 heavy (non-hydrogen) atoms. The molecule has 0 aromatic rings. The quantitative estimate of drug-likeness (QED) is 0.704. The third-order valence-corrected chi connectivity index (χ3v) is 6.71. The van der Waals surface area contributed by atoms with Crippen LogP contribution in [0.3, 0.4) is 0 Å². The minimum Gasteiger partial charge on any atom is -0.378 e. The molecule has 0 radical (unpaired) electrons. The maximum absolute atomic E-state index is 14.7. The molecule has 4 heteroatoms. The van der Waals surface area contributed by atoms with E-state index in [4.69, 9.17) is 4.74 Å². The van der Waals surface area contributed by atoms with Crippen LogP contribution >= 0.6 is 0 Å². The fourth-order valence-corrected chi connectivity index (χ4v) is 5.29. The van der Waals surface area contributed by atoms with E-state index in [1.54, 1.807) is 0 Å². The molecule has 3 saturated carbocycles. The second-order valence-corrected chi connectivity index (χ2v) is 7.94. The standard InChI is InChI=1S/C18H29F3O/c1-10-3-5-11(6-4-10)13-9-12-7-8-14(22-2)17(20)15(12)18(21)16(13)19/h10-18H,3-9H2,1-2H3/t10?,11?,12?,13-,14?,15?,16?,17?,18?/m0/s1. The zero-order valence-corrected chi connectivity index (χ0v) is 13.7. The van der Waals surface area contributed by atoms with Crippen LogP contribution in [0.1, 0.15) is 51.9 Å². The largest absolute Gasteiger partial charge is 0.378 e. The molecule has 7 atom stereocenters. The molecule has 3 rings (SSSR count). The van der Waals surface area contributed by atoms with Crippen molar-refractivity contribution >= 4 is 0 Å². The van der Waals surface area contributed by atoms with Gasteiger partial charge in [-0.25, -0.2) is 13.2 Å². The Morgan fingerprint density at radius 1 is 0.773 bits per heavy atom. The Bertz CT molecular complexity index is 367. The summed E-state index contributed by atoms with van der Waals surface area (Å²) in [6, 6.07) is 0. The van der Waals surface area contributed by atoms with Gasteiger partial charge in [0.2, 0.25) is 0 Å². The van der Waals surface area contributed by atoms with Crippen molar-refractivity contribution in [2.24, 2.45) is 29.6 Å². The van der Waals surface area contributed by atoms with Crippen molar-refractivity contribution in [3.05, 3.63) is 0 Å². The molecule has 3 aliphatic carbocycles. The third kappa shape index (κ3) is 2.92. The van der Waals surface area contributed by atoms with Crippen molar-refractivity contribution in [3.63, 3.8) is 0 Å². The number of hydrogen-bond donors (Lipinski definition) is 0. The van der Waals surface area contributed by atoms with Crippen LogP contribution in [-0.4, -0.2) is 31.7 Å². The van der Waals surface area contributed by atoms with Gasteiger partial charge in [0.05, 0.1) is 6.10 Å². The molecule has 0 bridgehead atoms. The molecule has 128 valence electrons. The Labute approximate surface area is 132 Å². The van der Waals surface area contributed by atoms with Gasteiger partial charge in [0.15, 0.2) is 0 Å². The highest BCUT2D eigenvalue weighted by molar-refractivity contribution is 5.02. The van der Waals surface area contributed by atoms with Crippen molar-refractivity contribution in [2.45, 2.75) is 76.5 Å². The molecule has 0 aromatic carbocycles. The number of hydrogen-bond acceptors (Lipinski definition) is 1. The second kappa shape index (κ2) is 6.70. The fourth-order valence-electron chi connectivity index (χ4n) is 5.29. The molecule has 0 saturated heterocycles. The predicted molar refractivity (Wildman–Crippen MR) is 80.9 cm³/mol. The Hall–Kier alpha value is -0.250. The van der Waals surface area contributed by atoms with Crippen molar-refractivity contribution in [1.29, 1.82) is 0 Å². The highest BCUT2D eigenvalue weighted by Crippen LogP contribution is 2.51. The first kappa shape index (κ1) is 16.6. The van der Waals surface area contributed by atoms with Gasteiger partial charge in [-0.2, -0.15) is 0 Å². The fraction of sp³-hybridized carbons (Fsp3) is 1.00. The third-order valence-electron chi connectivity index (χ3n) is 6.71.